The first kappa shape index (κ1) is 12.8. The molecule has 5 heteroatoms. The summed E-state index contributed by atoms with van der Waals surface area (Å²) in [7, 11) is 2.97. The van der Waals surface area contributed by atoms with Gasteiger partial charge in [0, 0.05) is 10.6 Å². The Morgan fingerprint density at radius 1 is 1.38 bits per heavy atom. The van der Waals surface area contributed by atoms with E-state index in [1.165, 1.54) is 14.2 Å². The largest absolute Gasteiger partial charge is 0.493 e. The molecule has 1 aromatic carbocycles. The van der Waals surface area contributed by atoms with E-state index in [1.807, 2.05) is 0 Å². The van der Waals surface area contributed by atoms with Gasteiger partial charge in [-0.05, 0) is 13.0 Å². The van der Waals surface area contributed by atoms with Crippen molar-refractivity contribution in [3.8, 4) is 11.5 Å². The van der Waals surface area contributed by atoms with Crippen LogP contribution in [0.3, 0.4) is 0 Å². The summed E-state index contributed by atoms with van der Waals surface area (Å²) >= 11 is 6.00. The Hall–Kier alpha value is -1.26. The summed E-state index contributed by atoms with van der Waals surface area (Å²) in [6.45, 7) is 1.69. The molecule has 4 nitrogen and oxygen atoms in total. The van der Waals surface area contributed by atoms with Crippen LogP contribution >= 0.6 is 11.6 Å². The molecule has 0 spiro atoms. The van der Waals surface area contributed by atoms with Crippen LogP contribution in [0.15, 0.2) is 6.07 Å². The molecule has 88 valence electrons. The van der Waals surface area contributed by atoms with Crippen molar-refractivity contribution in [1.29, 1.82) is 0 Å². The number of ether oxygens (including phenoxy) is 2. The molecule has 0 aromatic heterocycles. The van der Waals surface area contributed by atoms with Gasteiger partial charge < -0.3 is 15.2 Å². The van der Waals surface area contributed by atoms with Crippen LogP contribution in [0.5, 0.6) is 11.5 Å². The summed E-state index contributed by atoms with van der Waals surface area (Å²) in [5, 5.41) is 0.453. The maximum Gasteiger partial charge on any atom is 0.180 e. The average molecular weight is 244 g/mol. The predicted octanol–water partition coefficient (Wildman–Crippen LogP) is 1.81. The summed E-state index contributed by atoms with van der Waals surface area (Å²) < 4.78 is 10.3. The Kier molecular flexibility index (Phi) is 4.15. The van der Waals surface area contributed by atoms with Gasteiger partial charge in [0.1, 0.15) is 0 Å². The summed E-state index contributed by atoms with van der Waals surface area (Å²) in [6, 6.07) is 1.55. The molecule has 0 saturated heterocycles. The molecule has 0 atom stereocenters. The second-order valence-electron chi connectivity index (χ2n) is 3.22. The normalized spacial score (nSPS) is 10.1. The summed E-state index contributed by atoms with van der Waals surface area (Å²) in [6.07, 6.45) is 0. The molecule has 0 fully saturated rings. The Labute approximate surface area is 99.3 Å². The number of hydrogen-bond donors (Lipinski definition) is 1. The Morgan fingerprint density at radius 3 is 2.38 bits per heavy atom. The molecule has 1 rings (SSSR count). The monoisotopic (exact) mass is 243 g/mol. The predicted molar refractivity (Wildman–Crippen MR) is 62.7 cm³/mol. The molecule has 0 aliphatic heterocycles. The maximum absolute atomic E-state index is 11.6. The van der Waals surface area contributed by atoms with Crippen LogP contribution in [-0.4, -0.2) is 26.5 Å². The number of carbonyl (C=O) groups excluding carboxylic acids is 1. The fourth-order valence-corrected chi connectivity index (χ4v) is 1.66. The topological polar surface area (TPSA) is 61.5 Å². The van der Waals surface area contributed by atoms with E-state index in [-0.39, 0.29) is 12.3 Å². The molecule has 0 saturated carbocycles. The minimum atomic E-state index is -0.239. The molecule has 0 aliphatic carbocycles. The molecule has 16 heavy (non-hydrogen) atoms. The van der Waals surface area contributed by atoms with Crippen LogP contribution in [0.4, 0.5) is 0 Å². The van der Waals surface area contributed by atoms with Gasteiger partial charge in [0.05, 0.1) is 26.3 Å². The van der Waals surface area contributed by atoms with Crippen molar-refractivity contribution in [2.24, 2.45) is 5.73 Å². The molecule has 0 bridgehead atoms. The third kappa shape index (κ3) is 2.13. The lowest BCUT2D eigenvalue weighted by Gasteiger charge is -2.15. The van der Waals surface area contributed by atoms with Gasteiger partial charge in [0.2, 0.25) is 0 Å². The molecule has 0 amide bonds. The minimum absolute atomic E-state index is 0.0983. The zero-order valence-corrected chi connectivity index (χ0v) is 10.2. The van der Waals surface area contributed by atoms with Gasteiger partial charge in [0.15, 0.2) is 17.3 Å². The van der Waals surface area contributed by atoms with Crippen LogP contribution in [-0.2, 0) is 0 Å². The van der Waals surface area contributed by atoms with E-state index in [1.54, 1.807) is 13.0 Å². The van der Waals surface area contributed by atoms with Gasteiger partial charge in [0.25, 0.3) is 0 Å². The molecule has 0 heterocycles. The lowest BCUT2D eigenvalue weighted by molar-refractivity contribution is 0.0998. The van der Waals surface area contributed by atoms with Gasteiger partial charge in [-0.1, -0.05) is 11.6 Å². The van der Waals surface area contributed by atoms with Gasteiger partial charge in [-0.25, -0.2) is 0 Å². The van der Waals surface area contributed by atoms with Crippen LogP contribution in [0, 0.1) is 6.92 Å². The van der Waals surface area contributed by atoms with Crippen molar-refractivity contribution in [2.45, 2.75) is 6.92 Å². The first-order valence-electron chi connectivity index (χ1n) is 4.71. The lowest BCUT2D eigenvalue weighted by atomic mass is 10.1. The number of benzene rings is 1. The van der Waals surface area contributed by atoms with Gasteiger partial charge in [-0.15, -0.1) is 0 Å². The van der Waals surface area contributed by atoms with Crippen molar-refractivity contribution in [1.82, 2.24) is 0 Å². The Morgan fingerprint density at radius 2 is 1.94 bits per heavy atom. The number of carbonyl (C=O) groups is 1. The highest BCUT2D eigenvalue weighted by Crippen LogP contribution is 2.38. The van der Waals surface area contributed by atoms with E-state index in [4.69, 9.17) is 26.8 Å². The van der Waals surface area contributed by atoms with Gasteiger partial charge in [-0.2, -0.15) is 0 Å². The number of nitrogens with two attached hydrogens (primary N) is 1. The van der Waals surface area contributed by atoms with Crippen molar-refractivity contribution < 1.29 is 14.3 Å². The molecular formula is C11H14ClNO3. The molecule has 2 N–H and O–H groups in total. The summed E-state index contributed by atoms with van der Waals surface area (Å²) in [4.78, 5) is 11.6. The maximum atomic E-state index is 11.6. The van der Waals surface area contributed by atoms with Crippen molar-refractivity contribution in [3.05, 3.63) is 22.2 Å². The fraction of sp³-hybridized carbons (Fsp3) is 0.364. The first-order chi connectivity index (χ1) is 7.56. The second kappa shape index (κ2) is 5.18. The quantitative estimate of drug-likeness (QED) is 0.820. The number of methoxy groups -OCH3 is 2. The molecule has 0 radical (unpaired) electrons. The zero-order valence-electron chi connectivity index (χ0n) is 9.46. The molecule has 0 unspecified atom stereocenters. The van der Waals surface area contributed by atoms with Gasteiger partial charge in [-0.3, -0.25) is 4.79 Å². The van der Waals surface area contributed by atoms with E-state index in [0.29, 0.717) is 22.1 Å². The summed E-state index contributed by atoms with van der Waals surface area (Å²) in [5.41, 5.74) is 6.39. The van der Waals surface area contributed by atoms with E-state index >= 15 is 0 Å². The number of hydrogen-bond acceptors (Lipinski definition) is 4. The molecular weight excluding hydrogens is 230 g/mol. The van der Waals surface area contributed by atoms with Crippen molar-refractivity contribution in [3.63, 3.8) is 0 Å². The SMILES string of the molecule is COc1c(C(=O)CN)cc(Cl)c(C)c1OC. The number of halogens is 1. The highest BCUT2D eigenvalue weighted by Gasteiger charge is 2.20. The third-order valence-corrected chi connectivity index (χ3v) is 2.71. The first-order valence-corrected chi connectivity index (χ1v) is 5.08. The van der Waals surface area contributed by atoms with Crippen molar-refractivity contribution >= 4 is 17.4 Å². The summed E-state index contributed by atoms with van der Waals surface area (Å²) in [5.74, 6) is 0.601. The smallest absolute Gasteiger partial charge is 0.180 e. The fourth-order valence-electron chi connectivity index (χ4n) is 1.47. The van der Waals surface area contributed by atoms with Gasteiger partial charge >= 0.3 is 0 Å². The molecule has 0 aliphatic rings. The van der Waals surface area contributed by atoms with E-state index in [0.717, 1.165) is 5.56 Å². The molecule has 1 aromatic rings. The number of Topliss-reactive ketones (excluding diaryl/α,β-unsaturated/α-hetero) is 1. The second-order valence-corrected chi connectivity index (χ2v) is 3.63. The average Bonchev–Trinajstić information content (AvgIpc) is 2.30. The lowest BCUT2D eigenvalue weighted by Crippen LogP contribution is -2.15. The standard InChI is InChI=1S/C11H14ClNO3/c1-6-8(12)4-7(9(14)5-13)11(16-3)10(6)15-2/h4H,5,13H2,1-3H3. The highest BCUT2D eigenvalue weighted by molar-refractivity contribution is 6.32. The van der Waals surface area contributed by atoms with Crippen molar-refractivity contribution in [2.75, 3.05) is 20.8 Å². The number of rotatable bonds is 4. The van der Waals surface area contributed by atoms with Crippen LogP contribution in [0.25, 0.3) is 0 Å². The Bertz CT molecular complexity index is 418. The Balaban J connectivity index is 3.49. The minimum Gasteiger partial charge on any atom is -0.493 e. The highest BCUT2D eigenvalue weighted by atomic mass is 35.5. The van der Waals surface area contributed by atoms with Crippen LogP contribution in [0.1, 0.15) is 15.9 Å². The number of ketones is 1. The third-order valence-electron chi connectivity index (χ3n) is 2.31. The zero-order chi connectivity index (χ0) is 12.3. The van der Waals surface area contributed by atoms with E-state index in [9.17, 15) is 4.79 Å². The van der Waals surface area contributed by atoms with E-state index in [2.05, 4.69) is 0 Å². The van der Waals surface area contributed by atoms with Crippen LogP contribution in [0.2, 0.25) is 5.02 Å². The van der Waals surface area contributed by atoms with Crippen LogP contribution < -0.4 is 15.2 Å². The van der Waals surface area contributed by atoms with E-state index < -0.39 is 0 Å².